The summed E-state index contributed by atoms with van der Waals surface area (Å²) in [6.45, 7) is 7.74. The number of hydrogen-bond donors (Lipinski definition) is 2. The molecule has 45 heavy (non-hydrogen) atoms. The number of likely N-dealkylation sites (tertiary alicyclic amines) is 1. The summed E-state index contributed by atoms with van der Waals surface area (Å²) in [6, 6.07) is 20.8. The lowest BCUT2D eigenvalue weighted by molar-refractivity contribution is -0.141. The highest BCUT2D eigenvalue weighted by Crippen LogP contribution is 2.64. The first-order chi connectivity index (χ1) is 21.6. The zero-order valence-electron chi connectivity index (χ0n) is 25.9. The number of nitrogens with zero attached hydrogens (tertiary/aromatic N) is 2. The van der Waals surface area contributed by atoms with Gasteiger partial charge in [0.05, 0.1) is 28.9 Å². The Labute approximate surface area is 262 Å². The fourth-order valence-corrected chi connectivity index (χ4v) is 8.66. The summed E-state index contributed by atoms with van der Waals surface area (Å²) in [4.78, 5) is 58.3. The molecule has 2 aliphatic carbocycles. The fraction of sp³-hybridized carbons (Fsp3) is 0.351. The topological polar surface area (TPSA) is 107 Å². The van der Waals surface area contributed by atoms with E-state index in [0.717, 1.165) is 22.3 Å². The molecule has 2 heterocycles. The molecule has 2 N–H and O–H groups in total. The molecule has 7 rings (SSSR count). The van der Waals surface area contributed by atoms with Crippen LogP contribution in [0.5, 0.6) is 5.75 Å². The Bertz CT molecular complexity index is 1760. The number of phenolic OH excluding ortho intramolecular Hbond substituents is 1. The fourth-order valence-electron chi connectivity index (χ4n) is 8.66. The van der Waals surface area contributed by atoms with Gasteiger partial charge in [0.1, 0.15) is 5.75 Å². The van der Waals surface area contributed by atoms with Gasteiger partial charge in [0.2, 0.25) is 11.8 Å². The van der Waals surface area contributed by atoms with Gasteiger partial charge in [0, 0.05) is 12.5 Å². The number of phenols is 1. The number of amides is 4. The summed E-state index contributed by atoms with van der Waals surface area (Å²) in [5.74, 6) is -3.76. The normalized spacial score (nSPS) is 29.0. The Morgan fingerprint density at radius 3 is 2.18 bits per heavy atom. The van der Waals surface area contributed by atoms with E-state index in [4.69, 9.17) is 0 Å². The van der Waals surface area contributed by atoms with E-state index >= 15 is 4.79 Å². The predicted molar refractivity (Wildman–Crippen MR) is 169 cm³/mol. The summed E-state index contributed by atoms with van der Waals surface area (Å²) in [7, 11) is 0. The molecular formula is C37H37N3O5. The molecule has 4 aliphatic rings. The predicted octanol–water partition coefficient (Wildman–Crippen LogP) is 5.32. The Kier molecular flexibility index (Phi) is 6.73. The van der Waals surface area contributed by atoms with Gasteiger partial charge in [-0.25, -0.2) is 0 Å². The van der Waals surface area contributed by atoms with Crippen molar-refractivity contribution in [1.29, 1.82) is 0 Å². The molecule has 3 aromatic rings. The number of allylic oxidation sites excluding steroid dienone is 2. The van der Waals surface area contributed by atoms with Gasteiger partial charge < -0.3 is 5.11 Å². The van der Waals surface area contributed by atoms with Crippen LogP contribution in [0.3, 0.4) is 0 Å². The number of hydrazine groups is 1. The highest BCUT2D eigenvalue weighted by atomic mass is 16.3. The van der Waals surface area contributed by atoms with Crippen molar-refractivity contribution in [1.82, 2.24) is 9.91 Å². The molecule has 2 saturated heterocycles. The van der Waals surface area contributed by atoms with Crippen molar-refractivity contribution in [2.24, 2.45) is 23.7 Å². The number of aromatic hydroxyl groups is 1. The standard InChI is InChI=1S/C37H37N3O5/c1-5-39-33(42)27-16-15-26-28(30(27)35(39)44)19-29-34(43)40(38-25-13-11-20(2)12-14-25)36(45)37(29,24-9-7-6-8-10-24)31(26)23-17-21(3)32(41)22(4)18-23/h6-15,17-18,27-31,38,41H,5,16,19H2,1-4H3/t27-,28+,29-,30-,31-,37+/m0/s1. The van der Waals surface area contributed by atoms with E-state index in [1.54, 1.807) is 6.92 Å². The van der Waals surface area contributed by atoms with Crippen LogP contribution in [0.2, 0.25) is 0 Å². The molecule has 6 atom stereocenters. The lowest BCUT2D eigenvalue weighted by Crippen LogP contribution is -2.53. The van der Waals surface area contributed by atoms with Gasteiger partial charge in [-0.1, -0.05) is 71.8 Å². The summed E-state index contributed by atoms with van der Waals surface area (Å²) >= 11 is 0. The van der Waals surface area contributed by atoms with Crippen LogP contribution in [-0.4, -0.2) is 45.2 Å². The molecule has 8 heteroatoms. The van der Waals surface area contributed by atoms with Gasteiger partial charge >= 0.3 is 0 Å². The Morgan fingerprint density at radius 2 is 1.53 bits per heavy atom. The second kappa shape index (κ2) is 10.4. The highest BCUT2D eigenvalue weighted by molar-refractivity contribution is 6.13. The van der Waals surface area contributed by atoms with Gasteiger partial charge in [-0.3, -0.25) is 29.5 Å². The second-order valence-electron chi connectivity index (χ2n) is 13.0. The summed E-state index contributed by atoms with van der Waals surface area (Å²) in [5, 5.41) is 11.9. The zero-order valence-corrected chi connectivity index (χ0v) is 25.9. The number of carbonyl (C=O) groups is 4. The number of carbonyl (C=O) groups excluding carboxylic acids is 4. The number of hydrogen-bond acceptors (Lipinski definition) is 6. The van der Waals surface area contributed by atoms with Gasteiger partial charge in [-0.05, 0) is 80.8 Å². The number of benzene rings is 3. The first-order valence-electron chi connectivity index (χ1n) is 15.7. The van der Waals surface area contributed by atoms with Crippen molar-refractivity contribution in [3.05, 3.63) is 106 Å². The molecule has 3 aromatic carbocycles. The monoisotopic (exact) mass is 603 g/mol. The van der Waals surface area contributed by atoms with E-state index in [1.165, 1.54) is 9.91 Å². The third-order valence-electron chi connectivity index (χ3n) is 10.6. The molecule has 0 aromatic heterocycles. The van der Waals surface area contributed by atoms with E-state index < -0.39 is 35.0 Å². The number of anilines is 1. The lowest BCUT2D eigenvalue weighted by Gasteiger charge is -2.50. The lowest BCUT2D eigenvalue weighted by atomic mass is 9.49. The van der Waals surface area contributed by atoms with Crippen molar-refractivity contribution >= 4 is 29.3 Å². The van der Waals surface area contributed by atoms with Crippen molar-refractivity contribution in [2.75, 3.05) is 12.0 Å². The quantitative estimate of drug-likeness (QED) is 0.302. The second-order valence-corrected chi connectivity index (χ2v) is 13.0. The Balaban J connectivity index is 1.48. The third-order valence-corrected chi connectivity index (χ3v) is 10.6. The van der Waals surface area contributed by atoms with E-state index in [1.807, 2.05) is 87.5 Å². The molecule has 1 saturated carbocycles. The van der Waals surface area contributed by atoms with Crippen LogP contribution in [0.1, 0.15) is 53.5 Å². The van der Waals surface area contributed by atoms with Crippen LogP contribution >= 0.6 is 0 Å². The first kappa shape index (κ1) is 29.0. The molecule has 8 nitrogen and oxygen atoms in total. The number of fused-ring (bicyclic) bond motifs is 4. The molecule has 230 valence electrons. The van der Waals surface area contributed by atoms with Gasteiger partial charge in [0.25, 0.3) is 11.8 Å². The van der Waals surface area contributed by atoms with Crippen molar-refractivity contribution in [3.8, 4) is 5.75 Å². The largest absolute Gasteiger partial charge is 0.507 e. The van der Waals surface area contributed by atoms with Crippen LogP contribution in [0.25, 0.3) is 0 Å². The van der Waals surface area contributed by atoms with E-state index in [9.17, 15) is 19.5 Å². The average molecular weight is 604 g/mol. The average Bonchev–Trinajstić information content (AvgIpc) is 3.41. The maximum Gasteiger partial charge on any atom is 0.260 e. The molecule has 0 bridgehead atoms. The van der Waals surface area contributed by atoms with Crippen LogP contribution < -0.4 is 5.43 Å². The molecular weight excluding hydrogens is 566 g/mol. The maximum atomic E-state index is 15.1. The summed E-state index contributed by atoms with van der Waals surface area (Å²) in [5.41, 5.74) is 7.24. The van der Waals surface area contributed by atoms with Crippen LogP contribution in [0.15, 0.2) is 78.4 Å². The van der Waals surface area contributed by atoms with Gasteiger partial charge in [0.15, 0.2) is 0 Å². The number of nitrogens with one attached hydrogen (secondary N) is 1. The number of rotatable bonds is 5. The van der Waals surface area contributed by atoms with Gasteiger partial charge in [-0.2, -0.15) is 5.01 Å². The molecule has 2 aliphatic heterocycles. The van der Waals surface area contributed by atoms with E-state index in [2.05, 4.69) is 11.5 Å². The Morgan fingerprint density at radius 1 is 0.867 bits per heavy atom. The molecule has 0 radical (unpaired) electrons. The first-order valence-corrected chi connectivity index (χ1v) is 15.7. The van der Waals surface area contributed by atoms with Crippen LogP contribution in [0, 0.1) is 44.4 Å². The number of imide groups is 2. The van der Waals surface area contributed by atoms with E-state index in [-0.39, 0.29) is 35.8 Å². The van der Waals surface area contributed by atoms with Gasteiger partial charge in [-0.15, -0.1) is 0 Å². The minimum absolute atomic E-state index is 0.160. The summed E-state index contributed by atoms with van der Waals surface area (Å²) < 4.78 is 0. The molecule has 3 fully saturated rings. The van der Waals surface area contributed by atoms with Crippen molar-refractivity contribution in [3.63, 3.8) is 0 Å². The smallest absolute Gasteiger partial charge is 0.260 e. The number of aryl methyl sites for hydroxylation is 3. The molecule has 0 unspecified atom stereocenters. The Hall–Kier alpha value is -4.72. The SMILES string of the molecule is CCN1C(=O)[C@H]2[C@H](CC=C3[C@H]2C[C@H]2C(=O)N(Nc4ccc(C)cc4)C(=O)[C@@]2(c2ccccc2)[C@H]3c2cc(C)c(O)c(C)c2)C1=O. The van der Waals surface area contributed by atoms with Crippen molar-refractivity contribution < 1.29 is 24.3 Å². The third kappa shape index (κ3) is 4.04. The maximum absolute atomic E-state index is 15.1. The minimum Gasteiger partial charge on any atom is -0.507 e. The van der Waals surface area contributed by atoms with Crippen LogP contribution in [-0.2, 0) is 24.6 Å². The van der Waals surface area contributed by atoms with Crippen LogP contribution in [0.4, 0.5) is 5.69 Å². The van der Waals surface area contributed by atoms with E-state index in [0.29, 0.717) is 29.8 Å². The minimum atomic E-state index is -1.32. The molecule has 4 amide bonds. The molecule has 0 spiro atoms. The zero-order chi connectivity index (χ0) is 31.8. The summed E-state index contributed by atoms with van der Waals surface area (Å²) in [6.07, 6.45) is 2.72. The van der Waals surface area contributed by atoms with Crippen molar-refractivity contribution in [2.45, 2.75) is 51.9 Å². The highest BCUT2D eigenvalue weighted by Gasteiger charge is 2.70.